The second-order valence-electron chi connectivity index (χ2n) is 3.35. The number of halogens is 2. The number of hydrogen-bond acceptors (Lipinski definition) is 3. The molecule has 0 saturated heterocycles. The Kier molecular flexibility index (Phi) is 3.74. The van der Waals surface area contributed by atoms with Crippen LogP contribution in [0.2, 0.25) is 5.02 Å². The standard InChI is InChI=1S/C12H7ClFNO2S/c13-8-2-1-3-9(14)11(8)12-15-7(6-18-12)4-5-10(16)17/h1-6H,(H,16,17)/b5-4+. The van der Waals surface area contributed by atoms with E-state index in [1.54, 1.807) is 11.4 Å². The van der Waals surface area contributed by atoms with Crippen LogP contribution in [0.15, 0.2) is 29.7 Å². The Hall–Kier alpha value is -1.72. The SMILES string of the molecule is O=C(O)/C=C/c1csc(-c2c(F)cccc2Cl)n1. The molecule has 1 aromatic heterocycles. The van der Waals surface area contributed by atoms with Gasteiger partial charge in [-0.05, 0) is 18.2 Å². The number of aliphatic carboxylic acids is 1. The number of carboxylic acids is 1. The quantitative estimate of drug-likeness (QED) is 0.874. The lowest BCUT2D eigenvalue weighted by atomic mass is 10.2. The molecule has 1 heterocycles. The summed E-state index contributed by atoms with van der Waals surface area (Å²) >= 11 is 7.12. The van der Waals surface area contributed by atoms with Crippen LogP contribution in [0.1, 0.15) is 5.69 Å². The summed E-state index contributed by atoms with van der Waals surface area (Å²) in [5.41, 5.74) is 0.691. The molecule has 0 bridgehead atoms. The zero-order chi connectivity index (χ0) is 13.1. The van der Waals surface area contributed by atoms with Gasteiger partial charge in [0.25, 0.3) is 0 Å². The highest BCUT2D eigenvalue weighted by Gasteiger charge is 2.12. The van der Waals surface area contributed by atoms with Crippen molar-refractivity contribution >= 4 is 35.0 Å². The number of carbonyl (C=O) groups is 1. The van der Waals surface area contributed by atoms with Gasteiger partial charge in [-0.1, -0.05) is 17.7 Å². The predicted octanol–water partition coefficient (Wildman–Crippen LogP) is 3.70. The Morgan fingerprint density at radius 3 is 2.94 bits per heavy atom. The maximum Gasteiger partial charge on any atom is 0.328 e. The first-order chi connectivity index (χ1) is 8.58. The first-order valence-electron chi connectivity index (χ1n) is 4.89. The molecule has 0 saturated carbocycles. The molecule has 0 radical (unpaired) electrons. The van der Waals surface area contributed by atoms with E-state index in [0.717, 1.165) is 6.08 Å². The Balaban J connectivity index is 2.38. The van der Waals surface area contributed by atoms with Crippen molar-refractivity contribution < 1.29 is 14.3 Å². The molecule has 0 amide bonds. The van der Waals surface area contributed by atoms with Crippen LogP contribution in [0.25, 0.3) is 16.6 Å². The number of aromatic nitrogens is 1. The number of benzene rings is 1. The molecule has 0 unspecified atom stereocenters. The molecule has 0 atom stereocenters. The van der Waals surface area contributed by atoms with Gasteiger partial charge in [0, 0.05) is 11.5 Å². The third-order valence-electron chi connectivity index (χ3n) is 2.10. The second-order valence-corrected chi connectivity index (χ2v) is 4.61. The van der Waals surface area contributed by atoms with Crippen LogP contribution in [-0.4, -0.2) is 16.1 Å². The number of rotatable bonds is 3. The third kappa shape index (κ3) is 2.75. The molecule has 0 spiro atoms. The van der Waals surface area contributed by atoms with Crippen LogP contribution in [0.3, 0.4) is 0 Å². The zero-order valence-electron chi connectivity index (χ0n) is 8.93. The average molecular weight is 284 g/mol. The molecule has 1 N–H and O–H groups in total. The normalized spacial score (nSPS) is 11.0. The minimum Gasteiger partial charge on any atom is -0.478 e. The molecule has 1 aromatic carbocycles. The van der Waals surface area contributed by atoms with Gasteiger partial charge in [0.2, 0.25) is 0 Å². The molecular weight excluding hydrogens is 277 g/mol. The smallest absolute Gasteiger partial charge is 0.328 e. The van der Waals surface area contributed by atoms with Crippen LogP contribution < -0.4 is 0 Å². The largest absolute Gasteiger partial charge is 0.478 e. The fourth-order valence-electron chi connectivity index (χ4n) is 1.34. The lowest BCUT2D eigenvalue weighted by molar-refractivity contribution is -0.131. The molecule has 2 aromatic rings. The predicted molar refractivity (Wildman–Crippen MR) is 69.2 cm³/mol. The molecule has 0 aliphatic heterocycles. The number of carboxylic acid groups (broad SMARTS) is 1. The highest BCUT2D eigenvalue weighted by Crippen LogP contribution is 2.32. The van der Waals surface area contributed by atoms with Crippen molar-refractivity contribution in [2.24, 2.45) is 0 Å². The van der Waals surface area contributed by atoms with E-state index >= 15 is 0 Å². The molecule has 2 rings (SSSR count). The Labute approximate surface area is 111 Å². The van der Waals surface area contributed by atoms with Crippen LogP contribution in [0.4, 0.5) is 4.39 Å². The molecule has 3 nitrogen and oxygen atoms in total. The van der Waals surface area contributed by atoms with E-state index in [9.17, 15) is 9.18 Å². The summed E-state index contributed by atoms with van der Waals surface area (Å²) in [5, 5.41) is 10.8. The summed E-state index contributed by atoms with van der Waals surface area (Å²) in [6, 6.07) is 4.39. The van der Waals surface area contributed by atoms with E-state index in [2.05, 4.69) is 4.98 Å². The van der Waals surface area contributed by atoms with E-state index in [-0.39, 0.29) is 10.6 Å². The fourth-order valence-corrected chi connectivity index (χ4v) is 2.49. The van der Waals surface area contributed by atoms with Crippen LogP contribution in [0.5, 0.6) is 0 Å². The van der Waals surface area contributed by atoms with Crippen molar-refractivity contribution in [1.82, 2.24) is 4.98 Å². The van der Waals surface area contributed by atoms with E-state index in [1.165, 1.54) is 29.5 Å². The fraction of sp³-hybridized carbons (Fsp3) is 0. The van der Waals surface area contributed by atoms with Crippen molar-refractivity contribution in [2.45, 2.75) is 0 Å². The highest BCUT2D eigenvalue weighted by molar-refractivity contribution is 7.13. The lowest BCUT2D eigenvalue weighted by Crippen LogP contribution is -1.87. The van der Waals surface area contributed by atoms with Gasteiger partial charge in [0.05, 0.1) is 16.3 Å². The van der Waals surface area contributed by atoms with Crippen LogP contribution in [0, 0.1) is 5.82 Å². The number of thiazole rings is 1. The van der Waals surface area contributed by atoms with Crippen molar-refractivity contribution in [3.8, 4) is 10.6 Å². The topological polar surface area (TPSA) is 50.2 Å². The summed E-state index contributed by atoms with van der Waals surface area (Å²) < 4.78 is 13.6. The third-order valence-corrected chi connectivity index (χ3v) is 3.29. The molecule has 92 valence electrons. The molecule has 0 aliphatic carbocycles. The second kappa shape index (κ2) is 5.29. The molecule has 6 heteroatoms. The van der Waals surface area contributed by atoms with Crippen molar-refractivity contribution in [3.63, 3.8) is 0 Å². The first-order valence-corrected chi connectivity index (χ1v) is 6.14. The van der Waals surface area contributed by atoms with E-state index < -0.39 is 11.8 Å². The maximum atomic E-state index is 13.6. The average Bonchev–Trinajstić information content (AvgIpc) is 2.75. The van der Waals surface area contributed by atoms with Gasteiger partial charge >= 0.3 is 5.97 Å². The van der Waals surface area contributed by atoms with Crippen molar-refractivity contribution in [2.75, 3.05) is 0 Å². The number of hydrogen-bond donors (Lipinski definition) is 1. The van der Waals surface area contributed by atoms with Gasteiger partial charge < -0.3 is 5.11 Å². The van der Waals surface area contributed by atoms with E-state index in [1.807, 2.05) is 0 Å². The molecule has 0 aliphatic rings. The van der Waals surface area contributed by atoms with Gasteiger partial charge in [0.1, 0.15) is 10.8 Å². The first kappa shape index (κ1) is 12.7. The van der Waals surface area contributed by atoms with E-state index in [0.29, 0.717) is 10.7 Å². The Morgan fingerprint density at radius 2 is 2.28 bits per heavy atom. The monoisotopic (exact) mass is 283 g/mol. The van der Waals surface area contributed by atoms with Gasteiger partial charge in [0.15, 0.2) is 0 Å². The molecule has 0 fully saturated rings. The van der Waals surface area contributed by atoms with Crippen LogP contribution >= 0.6 is 22.9 Å². The summed E-state index contributed by atoms with van der Waals surface area (Å²) in [6.45, 7) is 0. The Morgan fingerprint density at radius 1 is 1.50 bits per heavy atom. The lowest BCUT2D eigenvalue weighted by Gasteiger charge is -2.00. The minimum absolute atomic E-state index is 0.235. The number of nitrogens with zero attached hydrogens (tertiary/aromatic N) is 1. The van der Waals surface area contributed by atoms with Gasteiger partial charge in [-0.15, -0.1) is 11.3 Å². The Bertz CT molecular complexity index is 604. The maximum absolute atomic E-state index is 13.6. The minimum atomic E-state index is -1.06. The van der Waals surface area contributed by atoms with Crippen molar-refractivity contribution in [1.29, 1.82) is 0 Å². The van der Waals surface area contributed by atoms with Crippen molar-refractivity contribution in [3.05, 3.63) is 46.2 Å². The van der Waals surface area contributed by atoms with Crippen LogP contribution in [-0.2, 0) is 4.79 Å². The summed E-state index contributed by atoms with van der Waals surface area (Å²) in [5.74, 6) is -1.51. The summed E-state index contributed by atoms with van der Waals surface area (Å²) in [6.07, 6.45) is 2.32. The highest BCUT2D eigenvalue weighted by atomic mass is 35.5. The van der Waals surface area contributed by atoms with E-state index in [4.69, 9.17) is 16.7 Å². The zero-order valence-corrected chi connectivity index (χ0v) is 10.5. The van der Waals surface area contributed by atoms with Gasteiger partial charge in [-0.3, -0.25) is 0 Å². The summed E-state index contributed by atoms with van der Waals surface area (Å²) in [7, 11) is 0. The van der Waals surface area contributed by atoms with Gasteiger partial charge in [-0.2, -0.15) is 0 Å². The molecule has 18 heavy (non-hydrogen) atoms. The summed E-state index contributed by atoms with van der Waals surface area (Å²) in [4.78, 5) is 14.5. The molecular formula is C12H7ClFNO2S. The van der Waals surface area contributed by atoms with Gasteiger partial charge in [-0.25, -0.2) is 14.2 Å².